The van der Waals surface area contributed by atoms with E-state index in [2.05, 4.69) is 0 Å². The quantitative estimate of drug-likeness (QED) is 0.723. The molecule has 0 aliphatic carbocycles. The van der Waals surface area contributed by atoms with Crippen molar-refractivity contribution < 1.29 is 27.4 Å². The Kier molecular flexibility index (Phi) is 4.91. The van der Waals surface area contributed by atoms with Gasteiger partial charge in [-0.2, -0.15) is 4.31 Å². The van der Waals surface area contributed by atoms with Gasteiger partial charge in [0.1, 0.15) is 5.72 Å². The van der Waals surface area contributed by atoms with E-state index in [0.29, 0.717) is 56.1 Å². The van der Waals surface area contributed by atoms with Crippen LogP contribution in [0, 0.1) is 6.92 Å². The van der Waals surface area contributed by atoms with Crippen molar-refractivity contribution in [2.45, 2.75) is 30.4 Å². The molecule has 2 aromatic carbocycles. The summed E-state index contributed by atoms with van der Waals surface area (Å²) in [6, 6.07) is 12.0. The summed E-state index contributed by atoms with van der Waals surface area (Å²) < 4.78 is 44.7. The first kappa shape index (κ1) is 20.3. The Morgan fingerprint density at radius 1 is 0.968 bits per heavy atom. The van der Waals surface area contributed by atoms with Crippen LogP contribution >= 0.6 is 0 Å². The molecular weight excluding hydrogens is 420 g/mol. The van der Waals surface area contributed by atoms with Gasteiger partial charge in [-0.25, -0.2) is 8.42 Å². The minimum absolute atomic E-state index is 0.112. The van der Waals surface area contributed by atoms with Gasteiger partial charge in [-0.1, -0.05) is 17.7 Å². The SMILES string of the molecule is Cc1ccc(S(=O)(=O)N2CCOC23CCN(C(=O)c2ccc4c(c2)OCO4)CC3)cc1. The van der Waals surface area contributed by atoms with E-state index in [4.69, 9.17) is 14.2 Å². The lowest BCUT2D eigenvalue weighted by molar-refractivity contribution is -0.0857. The summed E-state index contributed by atoms with van der Waals surface area (Å²) in [5.41, 5.74) is 0.619. The van der Waals surface area contributed by atoms with Gasteiger partial charge in [-0.05, 0) is 37.3 Å². The molecule has 0 N–H and O–H groups in total. The van der Waals surface area contributed by atoms with Crippen molar-refractivity contribution in [3.05, 3.63) is 53.6 Å². The van der Waals surface area contributed by atoms with Gasteiger partial charge >= 0.3 is 0 Å². The van der Waals surface area contributed by atoms with Gasteiger partial charge in [0.2, 0.25) is 16.8 Å². The Hall–Kier alpha value is -2.62. The molecule has 0 bridgehead atoms. The molecule has 0 atom stereocenters. The minimum atomic E-state index is -3.69. The number of aryl methyl sites for hydroxylation is 1. The van der Waals surface area contributed by atoms with E-state index in [9.17, 15) is 13.2 Å². The third kappa shape index (κ3) is 3.46. The highest BCUT2D eigenvalue weighted by Gasteiger charge is 2.51. The number of amides is 1. The van der Waals surface area contributed by atoms with Gasteiger partial charge in [-0.15, -0.1) is 0 Å². The second-order valence-corrected chi connectivity index (χ2v) is 9.91. The van der Waals surface area contributed by atoms with E-state index < -0.39 is 15.7 Å². The molecule has 0 radical (unpaired) electrons. The highest BCUT2D eigenvalue weighted by atomic mass is 32.2. The predicted molar refractivity (Wildman–Crippen MR) is 111 cm³/mol. The van der Waals surface area contributed by atoms with Crippen LogP contribution in [-0.2, 0) is 14.8 Å². The first-order chi connectivity index (χ1) is 14.9. The number of rotatable bonds is 3. The summed E-state index contributed by atoms with van der Waals surface area (Å²) >= 11 is 0. The third-order valence-electron chi connectivity index (χ3n) is 6.18. The first-order valence-electron chi connectivity index (χ1n) is 10.3. The molecule has 0 aromatic heterocycles. The number of likely N-dealkylation sites (tertiary alicyclic amines) is 1. The zero-order valence-electron chi connectivity index (χ0n) is 17.2. The summed E-state index contributed by atoms with van der Waals surface area (Å²) in [6.45, 7) is 3.56. The van der Waals surface area contributed by atoms with Crippen molar-refractivity contribution in [3.8, 4) is 11.5 Å². The number of hydrogen-bond acceptors (Lipinski definition) is 6. The molecule has 2 fully saturated rings. The number of sulfonamides is 1. The fourth-order valence-corrected chi connectivity index (χ4v) is 6.16. The van der Waals surface area contributed by atoms with Gasteiger partial charge in [0.15, 0.2) is 11.5 Å². The second kappa shape index (κ2) is 7.51. The van der Waals surface area contributed by atoms with E-state index in [1.165, 1.54) is 4.31 Å². The normalized spacial score (nSPS) is 20.4. The van der Waals surface area contributed by atoms with Crippen molar-refractivity contribution >= 4 is 15.9 Å². The van der Waals surface area contributed by atoms with E-state index in [0.717, 1.165) is 5.56 Å². The van der Waals surface area contributed by atoms with Gasteiger partial charge in [-0.3, -0.25) is 4.79 Å². The van der Waals surface area contributed by atoms with Crippen molar-refractivity contribution in [3.63, 3.8) is 0 Å². The van der Waals surface area contributed by atoms with Crippen molar-refractivity contribution in [2.75, 3.05) is 33.0 Å². The maximum absolute atomic E-state index is 13.3. The Morgan fingerprint density at radius 2 is 1.68 bits per heavy atom. The van der Waals surface area contributed by atoms with Gasteiger partial charge in [0.25, 0.3) is 5.91 Å². The fourth-order valence-electron chi connectivity index (χ4n) is 4.44. The molecule has 31 heavy (non-hydrogen) atoms. The lowest BCUT2D eigenvalue weighted by Gasteiger charge is -2.42. The van der Waals surface area contributed by atoms with Crippen LogP contribution in [0.25, 0.3) is 0 Å². The maximum Gasteiger partial charge on any atom is 0.253 e. The second-order valence-electron chi connectivity index (χ2n) is 8.05. The van der Waals surface area contributed by atoms with Gasteiger partial charge in [0.05, 0.1) is 11.5 Å². The van der Waals surface area contributed by atoms with Crippen LogP contribution in [0.1, 0.15) is 28.8 Å². The van der Waals surface area contributed by atoms with Gasteiger partial charge < -0.3 is 19.1 Å². The largest absolute Gasteiger partial charge is 0.454 e. The van der Waals surface area contributed by atoms with Gasteiger partial charge in [0, 0.05) is 38.0 Å². The van der Waals surface area contributed by atoms with Crippen LogP contribution in [0.2, 0.25) is 0 Å². The molecule has 5 rings (SSSR count). The Bertz CT molecular complexity index is 1110. The molecule has 0 saturated carbocycles. The van der Waals surface area contributed by atoms with Crippen molar-refractivity contribution in [1.82, 2.24) is 9.21 Å². The molecule has 2 aromatic rings. The molecule has 3 aliphatic rings. The van der Waals surface area contributed by atoms with Crippen LogP contribution in [0.5, 0.6) is 11.5 Å². The predicted octanol–water partition coefficient (Wildman–Crippen LogP) is 2.38. The molecule has 2 saturated heterocycles. The number of piperidine rings is 1. The summed E-state index contributed by atoms with van der Waals surface area (Å²) in [5.74, 6) is 1.08. The monoisotopic (exact) mass is 444 g/mol. The van der Waals surface area contributed by atoms with E-state index in [1.807, 2.05) is 6.92 Å². The fraction of sp³-hybridized carbons (Fsp3) is 0.409. The Labute approximate surface area is 181 Å². The minimum Gasteiger partial charge on any atom is -0.454 e. The Balaban J connectivity index is 1.32. The number of hydrogen-bond donors (Lipinski definition) is 0. The summed E-state index contributed by atoms with van der Waals surface area (Å²) in [6.07, 6.45) is 0.850. The number of carbonyl (C=O) groups excluding carboxylic acids is 1. The maximum atomic E-state index is 13.3. The average Bonchev–Trinajstić information content (AvgIpc) is 3.41. The zero-order valence-corrected chi connectivity index (χ0v) is 18.1. The Morgan fingerprint density at radius 3 is 2.42 bits per heavy atom. The van der Waals surface area contributed by atoms with E-state index in [1.54, 1.807) is 47.4 Å². The van der Waals surface area contributed by atoms with Crippen LogP contribution in [0.3, 0.4) is 0 Å². The standard InChI is InChI=1S/C22H24N2O6S/c1-16-2-5-18(6-3-16)31(26,27)24-12-13-30-22(24)8-10-23(11-9-22)21(25)17-4-7-19-20(14-17)29-15-28-19/h2-7,14H,8-13,15H2,1H3. The average molecular weight is 445 g/mol. The molecule has 164 valence electrons. The molecule has 3 heterocycles. The van der Waals surface area contributed by atoms with Crippen LogP contribution in [-0.4, -0.2) is 62.3 Å². The van der Waals surface area contributed by atoms with Crippen molar-refractivity contribution in [2.24, 2.45) is 0 Å². The smallest absolute Gasteiger partial charge is 0.253 e. The van der Waals surface area contributed by atoms with Crippen LogP contribution in [0.15, 0.2) is 47.4 Å². The highest BCUT2D eigenvalue weighted by Crippen LogP contribution is 2.39. The zero-order chi connectivity index (χ0) is 21.6. The van der Waals surface area contributed by atoms with E-state index in [-0.39, 0.29) is 17.6 Å². The summed E-state index contributed by atoms with van der Waals surface area (Å²) in [5, 5.41) is 0. The van der Waals surface area contributed by atoms with Crippen molar-refractivity contribution in [1.29, 1.82) is 0 Å². The lowest BCUT2D eigenvalue weighted by atomic mass is 10.00. The number of nitrogens with zero attached hydrogens (tertiary/aromatic N) is 2. The summed E-state index contributed by atoms with van der Waals surface area (Å²) in [4.78, 5) is 15.0. The molecule has 3 aliphatic heterocycles. The molecule has 1 spiro atoms. The van der Waals surface area contributed by atoms with E-state index >= 15 is 0 Å². The summed E-state index contributed by atoms with van der Waals surface area (Å²) in [7, 11) is -3.69. The topological polar surface area (TPSA) is 85.4 Å². The number of benzene rings is 2. The molecule has 8 nitrogen and oxygen atoms in total. The molecule has 1 amide bonds. The molecular formula is C22H24N2O6S. The number of carbonyl (C=O) groups is 1. The van der Waals surface area contributed by atoms with Crippen LogP contribution < -0.4 is 9.47 Å². The number of ether oxygens (including phenoxy) is 3. The highest BCUT2D eigenvalue weighted by molar-refractivity contribution is 7.89. The lowest BCUT2D eigenvalue weighted by Crippen LogP contribution is -2.55. The molecule has 0 unspecified atom stereocenters. The molecule has 9 heteroatoms. The van der Waals surface area contributed by atoms with Crippen LogP contribution in [0.4, 0.5) is 0 Å². The first-order valence-corrected chi connectivity index (χ1v) is 11.8. The number of fused-ring (bicyclic) bond motifs is 1. The third-order valence-corrected chi connectivity index (χ3v) is 8.14.